The summed E-state index contributed by atoms with van der Waals surface area (Å²) in [7, 11) is 0. The fraction of sp³-hybridized carbons (Fsp3) is 0.182. The SMILES string of the molecule is Cc1csc(Cc2cccc(F)c2)n1. The fourth-order valence-corrected chi connectivity index (χ4v) is 2.11. The number of nitrogens with zero attached hydrogens (tertiary/aromatic N) is 1. The highest BCUT2D eigenvalue weighted by Crippen LogP contribution is 2.14. The second-order valence-corrected chi connectivity index (χ2v) is 4.13. The molecule has 0 aliphatic rings. The van der Waals surface area contributed by atoms with Gasteiger partial charge in [-0.15, -0.1) is 11.3 Å². The van der Waals surface area contributed by atoms with Gasteiger partial charge in [0.1, 0.15) is 5.82 Å². The van der Waals surface area contributed by atoms with Crippen LogP contribution in [0.3, 0.4) is 0 Å². The van der Waals surface area contributed by atoms with Crippen LogP contribution in [-0.4, -0.2) is 4.98 Å². The maximum Gasteiger partial charge on any atom is 0.123 e. The van der Waals surface area contributed by atoms with E-state index in [-0.39, 0.29) is 5.82 Å². The molecule has 0 spiro atoms. The Balaban J connectivity index is 2.18. The van der Waals surface area contributed by atoms with Crippen molar-refractivity contribution in [2.45, 2.75) is 13.3 Å². The lowest BCUT2D eigenvalue weighted by atomic mass is 10.1. The number of hydrogen-bond acceptors (Lipinski definition) is 2. The van der Waals surface area contributed by atoms with Gasteiger partial charge < -0.3 is 0 Å². The van der Waals surface area contributed by atoms with Crippen molar-refractivity contribution in [3.8, 4) is 0 Å². The van der Waals surface area contributed by atoms with Crippen LogP contribution >= 0.6 is 11.3 Å². The van der Waals surface area contributed by atoms with E-state index in [4.69, 9.17) is 0 Å². The van der Waals surface area contributed by atoms with E-state index >= 15 is 0 Å². The monoisotopic (exact) mass is 207 g/mol. The van der Waals surface area contributed by atoms with Gasteiger partial charge in [0.2, 0.25) is 0 Å². The van der Waals surface area contributed by atoms with Gasteiger partial charge in [-0.25, -0.2) is 9.37 Å². The topological polar surface area (TPSA) is 12.9 Å². The lowest BCUT2D eigenvalue weighted by Crippen LogP contribution is -1.88. The molecule has 0 amide bonds. The molecule has 0 saturated heterocycles. The summed E-state index contributed by atoms with van der Waals surface area (Å²) in [5, 5.41) is 3.04. The Bertz CT molecular complexity index is 436. The highest BCUT2D eigenvalue weighted by Gasteiger charge is 2.01. The number of halogens is 1. The van der Waals surface area contributed by atoms with E-state index in [0.29, 0.717) is 0 Å². The molecule has 2 rings (SSSR count). The second kappa shape index (κ2) is 3.88. The van der Waals surface area contributed by atoms with Crippen molar-refractivity contribution in [3.05, 3.63) is 51.7 Å². The van der Waals surface area contributed by atoms with Gasteiger partial charge in [-0.05, 0) is 24.6 Å². The van der Waals surface area contributed by atoms with Gasteiger partial charge in [0.15, 0.2) is 0 Å². The number of aryl methyl sites for hydroxylation is 1. The average Bonchev–Trinajstić information content (AvgIpc) is 2.51. The van der Waals surface area contributed by atoms with Crippen LogP contribution in [-0.2, 0) is 6.42 Å². The third-order valence-corrected chi connectivity index (χ3v) is 2.88. The summed E-state index contributed by atoms with van der Waals surface area (Å²) < 4.78 is 12.9. The summed E-state index contributed by atoms with van der Waals surface area (Å²) in [4.78, 5) is 4.33. The van der Waals surface area contributed by atoms with Gasteiger partial charge in [-0.2, -0.15) is 0 Å². The molecule has 1 heterocycles. The summed E-state index contributed by atoms with van der Waals surface area (Å²) in [6, 6.07) is 6.65. The Morgan fingerprint density at radius 2 is 2.29 bits per heavy atom. The van der Waals surface area contributed by atoms with Gasteiger partial charge >= 0.3 is 0 Å². The minimum Gasteiger partial charge on any atom is -0.246 e. The van der Waals surface area contributed by atoms with E-state index in [1.165, 1.54) is 6.07 Å². The lowest BCUT2D eigenvalue weighted by molar-refractivity contribution is 0.626. The van der Waals surface area contributed by atoms with Crippen LogP contribution in [0.2, 0.25) is 0 Å². The maximum atomic E-state index is 12.9. The van der Waals surface area contributed by atoms with E-state index in [1.807, 2.05) is 18.4 Å². The molecule has 0 atom stereocenters. The van der Waals surface area contributed by atoms with Crippen molar-refractivity contribution >= 4 is 11.3 Å². The minimum absolute atomic E-state index is 0.184. The Morgan fingerprint density at radius 3 is 2.93 bits per heavy atom. The van der Waals surface area contributed by atoms with Gasteiger partial charge in [-0.3, -0.25) is 0 Å². The maximum absolute atomic E-state index is 12.9. The Hall–Kier alpha value is -1.22. The van der Waals surface area contributed by atoms with Gasteiger partial charge in [0.25, 0.3) is 0 Å². The molecule has 1 aromatic carbocycles. The fourth-order valence-electron chi connectivity index (χ4n) is 1.31. The number of hydrogen-bond donors (Lipinski definition) is 0. The normalized spacial score (nSPS) is 10.4. The van der Waals surface area contributed by atoms with E-state index < -0.39 is 0 Å². The smallest absolute Gasteiger partial charge is 0.123 e. The molecule has 0 radical (unpaired) electrons. The van der Waals surface area contributed by atoms with E-state index in [2.05, 4.69) is 4.98 Å². The lowest BCUT2D eigenvalue weighted by Gasteiger charge is -1.97. The predicted molar refractivity (Wildman–Crippen MR) is 56.1 cm³/mol. The molecular weight excluding hydrogens is 197 g/mol. The number of rotatable bonds is 2. The van der Waals surface area contributed by atoms with Crippen molar-refractivity contribution < 1.29 is 4.39 Å². The molecule has 0 aliphatic heterocycles. The summed E-state index contributed by atoms with van der Waals surface area (Å²) >= 11 is 1.62. The zero-order chi connectivity index (χ0) is 9.97. The molecule has 0 saturated carbocycles. The first-order chi connectivity index (χ1) is 6.74. The molecule has 3 heteroatoms. The molecule has 14 heavy (non-hydrogen) atoms. The molecule has 0 N–H and O–H groups in total. The highest BCUT2D eigenvalue weighted by molar-refractivity contribution is 7.09. The quantitative estimate of drug-likeness (QED) is 0.737. The van der Waals surface area contributed by atoms with Crippen molar-refractivity contribution in [3.63, 3.8) is 0 Å². The van der Waals surface area contributed by atoms with Gasteiger partial charge in [0, 0.05) is 17.5 Å². The second-order valence-electron chi connectivity index (χ2n) is 3.19. The van der Waals surface area contributed by atoms with E-state index in [0.717, 1.165) is 22.7 Å². The van der Waals surface area contributed by atoms with Crippen molar-refractivity contribution in [1.82, 2.24) is 4.98 Å². The van der Waals surface area contributed by atoms with Crippen molar-refractivity contribution in [2.75, 3.05) is 0 Å². The molecule has 0 bridgehead atoms. The van der Waals surface area contributed by atoms with Crippen LogP contribution in [0.15, 0.2) is 29.6 Å². The number of thiazole rings is 1. The van der Waals surface area contributed by atoms with Crippen LogP contribution in [0.25, 0.3) is 0 Å². The first kappa shape index (κ1) is 9.34. The van der Waals surface area contributed by atoms with Crippen LogP contribution < -0.4 is 0 Å². The zero-order valence-corrected chi connectivity index (χ0v) is 8.64. The van der Waals surface area contributed by atoms with Crippen LogP contribution in [0.1, 0.15) is 16.3 Å². The molecule has 1 aromatic heterocycles. The Kier molecular flexibility index (Phi) is 2.59. The van der Waals surface area contributed by atoms with Crippen molar-refractivity contribution in [2.24, 2.45) is 0 Å². The molecule has 2 aromatic rings. The Labute approximate surface area is 86.2 Å². The molecule has 0 aliphatic carbocycles. The van der Waals surface area contributed by atoms with E-state index in [1.54, 1.807) is 23.5 Å². The number of benzene rings is 1. The summed E-state index contributed by atoms with van der Waals surface area (Å²) in [5.74, 6) is -0.184. The first-order valence-electron chi connectivity index (χ1n) is 4.39. The number of aromatic nitrogens is 1. The summed E-state index contributed by atoms with van der Waals surface area (Å²) in [5.41, 5.74) is 2.00. The minimum atomic E-state index is -0.184. The molecule has 72 valence electrons. The van der Waals surface area contributed by atoms with Gasteiger partial charge in [0.05, 0.1) is 5.01 Å². The van der Waals surface area contributed by atoms with Crippen LogP contribution in [0.4, 0.5) is 4.39 Å². The third-order valence-electron chi connectivity index (χ3n) is 1.91. The Morgan fingerprint density at radius 1 is 1.43 bits per heavy atom. The standard InChI is InChI=1S/C11H10FNS/c1-8-7-14-11(13-8)6-9-3-2-4-10(12)5-9/h2-5,7H,6H2,1H3. The summed E-state index contributed by atoms with van der Waals surface area (Å²) in [6.07, 6.45) is 0.719. The third kappa shape index (κ3) is 2.17. The van der Waals surface area contributed by atoms with E-state index in [9.17, 15) is 4.39 Å². The predicted octanol–water partition coefficient (Wildman–Crippen LogP) is 3.18. The average molecular weight is 207 g/mol. The molecule has 0 unspecified atom stereocenters. The van der Waals surface area contributed by atoms with Crippen molar-refractivity contribution in [1.29, 1.82) is 0 Å². The highest BCUT2D eigenvalue weighted by atomic mass is 32.1. The molecule has 0 fully saturated rings. The largest absolute Gasteiger partial charge is 0.246 e. The molecular formula is C11H10FNS. The summed E-state index contributed by atoms with van der Waals surface area (Å²) in [6.45, 7) is 1.96. The van der Waals surface area contributed by atoms with Gasteiger partial charge in [-0.1, -0.05) is 12.1 Å². The van der Waals surface area contributed by atoms with Crippen LogP contribution in [0.5, 0.6) is 0 Å². The molecule has 1 nitrogen and oxygen atoms in total. The van der Waals surface area contributed by atoms with Crippen LogP contribution in [0, 0.1) is 12.7 Å². The zero-order valence-electron chi connectivity index (χ0n) is 7.83. The first-order valence-corrected chi connectivity index (χ1v) is 5.27.